The van der Waals surface area contributed by atoms with Gasteiger partial charge in [-0.1, -0.05) is 29.8 Å². The Kier molecular flexibility index (Phi) is 6.26. The average molecular weight is 351 g/mol. The zero-order valence-electron chi connectivity index (χ0n) is 13.0. The van der Waals surface area contributed by atoms with Gasteiger partial charge in [-0.2, -0.15) is 0 Å². The fourth-order valence-corrected chi connectivity index (χ4v) is 2.13. The average Bonchev–Trinajstić information content (AvgIpc) is 2.56. The van der Waals surface area contributed by atoms with Crippen molar-refractivity contribution in [1.82, 2.24) is 4.98 Å². The number of aromatic nitrogens is 1. The van der Waals surface area contributed by atoms with Crippen LogP contribution in [0.15, 0.2) is 42.6 Å². The van der Waals surface area contributed by atoms with Gasteiger partial charge >= 0.3 is 5.97 Å². The third-order valence-electron chi connectivity index (χ3n) is 3.25. The number of halogens is 2. The number of anilines is 1. The Bertz CT molecular complexity index is 739. The van der Waals surface area contributed by atoms with Gasteiger partial charge in [-0.05, 0) is 37.1 Å². The van der Waals surface area contributed by atoms with Crippen LogP contribution < -0.4 is 5.32 Å². The maximum atomic E-state index is 13.5. The summed E-state index contributed by atoms with van der Waals surface area (Å²) in [5.41, 5.74) is 0.757. The second-order valence-corrected chi connectivity index (χ2v) is 5.41. The van der Waals surface area contributed by atoms with Crippen LogP contribution in [0.4, 0.5) is 10.1 Å². The lowest BCUT2D eigenvalue weighted by Crippen LogP contribution is -2.30. The molecule has 0 aliphatic rings. The molecule has 0 spiro atoms. The largest absolute Gasteiger partial charge is 0.453 e. The van der Waals surface area contributed by atoms with Gasteiger partial charge in [-0.15, -0.1) is 0 Å². The molecule has 0 bridgehead atoms. The quantitative estimate of drug-likeness (QED) is 0.640. The molecule has 1 heterocycles. The molecule has 0 aliphatic carbocycles. The number of aryl methyl sites for hydroxylation is 1. The summed E-state index contributed by atoms with van der Waals surface area (Å²) in [6.45, 7) is 1.45. The fourth-order valence-electron chi connectivity index (χ4n) is 1.96. The zero-order chi connectivity index (χ0) is 17.5. The number of carbonyl (C=O) groups excluding carboxylic acids is 2. The van der Waals surface area contributed by atoms with Gasteiger partial charge in [0.15, 0.2) is 11.3 Å². The van der Waals surface area contributed by atoms with Gasteiger partial charge in [0.25, 0.3) is 5.91 Å². The second-order valence-electron chi connectivity index (χ2n) is 5.05. The molecule has 0 fully saturated rings. The van der Waals surface area contributed by atoms with Crippen LogP contribution in [0.2, 0.25) is 5.15 Å². The molecule has 1 aromatic carbocycles. The predicted molar refractivity (Wildman–Crippen MR) is 88.2 cm³/mol. The molecule has 7 heteroatoms. The van der Waals surface area contributed by atoms with Crippen LogP contribution in [0.3, 0.4) is 0 Å². The lowest BCUT2D eigenvalue weighted by molar-refractivity contribution is -0.153. The summed E-state index contributed by atoms with van der Waals surface area (Å²) in [4.78, 5) is 27.6. The highest BCUT2D eigenvalue weighted by Crippen LogP contribution is 2.18. The third-order valence-corrected chi connectivity index (χ3v) is 3.55. The van der Waals surface area contributed by atoms with Gasteiger partial charge in [0, 0.05) is 12.6 Å². The summed E-state index contributed by atoms with van der Waals surface area (Å²) in [5.74, 6) is -1.48. The summed E-state index contributed by atoms with van der Waals surface area (Å²) >= 11 is 5.84. The van der Waals surface area contributed by atoms with E-state index in [0.717, 1.165) is 0 Å². The minimum Gasteiger partial charge on any atom is -0.453 e. The van der Waals surface area contributed by atoms with E-state index in [4.69, 9.17) is 16.3 Å². The SMILES string of the molecule is C[C@@H](OC(=O)CCc1ccccc1F)C(=O)Nc1cccnc1Cl. The minimum absolute atomic E-state index is 0.0216. The van der Waals surface area contributed by atoms with Crippen molar-refractivity contribution in [2.75, 3.05) is 5.32 Å². The third kappa shape index (κ3) is 5.03. The number of nitrogens with zero attached hydrogens (tertiary/aromatic N) is 1. The first-order chi connectivity index (χ1) is 11.5. The van der Waals surface area contributed by atoms with Crippen molar-refractivity contribution in [3.63, 3.8) is 0 Å². The monoisotopic (exact) mass is 350 g/mol. The van der Waals surface area contributed by atoms with Crippen molar-refractivity contribution >= 4 is 29.2 Å². The van der Waals surface area contributed by atoms with Gasteiger partial charge < -0.3 is 10.1 Å². The van der Waals surface area contributed by atoms with Crippen LogP contribution >= 0.6 is 11.6 Å². The molecular formula is C17H16ClFN2O3. The van der Waals surface area contributed by atoms with Crippen LogP contribution in [0.25, 0.3) is 0 Å². The molecule has 1 atom stereocenters. The van der Waals surface area contributed by atoms with Crippen LogP contribution in [0.1, 0.15) is 18.9 Å². The van der Waals surface area contributed by atoms with E-state index in [1.54, 1.807) is 30.3 Å². The Hall–Kier alpha value is -2.47. The Morgan fingerprint density at radius 3 is 2.75 bits per heavy atom. The first-order valence-electron chi connectivity index (χ1n) is 7.31. The molecule has 0 unspecified atom stereocenters. The molecule has 2 aromatic rings. The van der Waals surface area contributed by atoms with Crippen LogP contribution in [-0.2, 0) is 20.7 Å². The summed E-state index contributed by atoms with van der Waals surface area (Å²) in [6.07, 6.45) is 0.666. The molecular weight excluding hydrogens is 335 g/mol. The van der Waals surface area contributed by atoms with E-state index in [-0.39, 0.29) is 23.8 Å². The number of ether oxygens (including phenoxy) is 1. The van der Waals surface area contributed by atoms with Gasteiger partial charge in [0.05, 0.1) is 5.69 Å². The number of nitrogens with one attached hydrogen (secondary N) is 1. The van der Waals surface area contributed by atoms with Gasteiger partial charge in [-0.25, -0.2) is 9.37 Å². The van der Waals surface area contributed by atoms with E-state index < -0.39 is 18.0 Å². The molecule has 1 amide bonds. The van der Waals surface area contributed by atoms with Gasteiger partial charge in [-0.3, -0.25) is 9.59 Å². The summed E-state index contributed by atoms with van der Waals surface area (Å²) in [7, 11) is 0. The number of rotatable bonds is 6. The van der Waals surface area contributed by atoms with E-state index >= 15 is 0 Å². The van der Waals surface area contributed by atoms with Gasteiger partial charge in [0.1, 0.15) is 5.82 Å². The molecule has 2 rings (SSSR count). The molecule has 1 aromatic heterocycles. The Labute approximate surface area is 143 Å². The standard InChI is InChI=1S/C17H16ClFN2O3/c1-11(17(23)21-14-7-4-10-20-16(14)18)24-15(22)9-8-12-5-2-3-6-13(12)19/h2-7,10-11H,8-9H2,1H3,(H,21,23)/t11-/m1/s1. The predicted octanol–water partition coefficient (Wildman–Crippen LogP) is 3.38. The Balaban J connectivity index is 1.84. The molecule has 126 valence electrons. The normalized spacial score (nSPS) is 11.6. The van der Waals surface area contributed by atoms with E-state index in [1.807, 2.05) is 0 Å². The first-order valence-corrected chi connectivity index (χ1v) is 7.69. The summed E-state index contributed by atoms with van der Waals surface area (Å²) < 4.78 is 18.5. The molecule has 1 N–H and O–H groups in total. The Morgan fingerprint density at radius 2 is 2.04 bits per heavy atom. The highest BCUT2D eigenvalue weighted by molar-refractivity contribution is 6.32. The molecule has 0 saturated heterocycles. The Morgan fingerprint density at radius 1 is 1.29 bits per heavy atom. The van der Waals surface area contributed by atoms with E-state index in [2.05, 4.69) is 10.3 Å². The summed E-state index contributed by atoms with van der Waals surface area (Å²) in [6, 6.07) is 9.40. The van der Waals surface area contributed by atoms with E-state index in [9.17, 15) is 14.0 Å². The molecule has 5 nitrogen and oxygen atoms in total. The topological polar surface area (TPSA) is 68.3 Å². The van der Waals surface area contributed by atoms with Crippen molar-refractivity contribution in [3.8, 4) is 0 Å². The smallest absolute Gasteiger partial charge is 0.306 e. The van der Waals surface area contributed by atoms with Crippen LogP contribution in [0.5, 0.6) is 0 Å². The lowest BCUT2D eigenvalue weighted by atomic mass is 10.1. The first kappa shape index (κ1) is 17.9. The zero-order valence-corrected chi connectivity index (χ0v) is 13.7. The number of hydrogen-bond acceptors (Lipinski definition) is 4. The fraction of sp³-hybridized carbons (Fsp3) is 0.235. The van der Waals surface area contributed by atoms with Crippen molar-refractivity contribution in [2.24, 2.45) is 0 Å². The minimum atomic E-state index is -1.01. The molecule has 0 saturated carbocycles. The summed E-state index contributed by atoms with van der Waals surface area (Å²) in [5, 5.41) is 2.67. The van der Waals surface area contributed by atoms with Crippen molar-refractivity contribution in [1.29, 1.82) is 0 Å². The van der Waals surface area contributed by atoms with Crippen molar-refractivity contribution in [2.45, 2.75) is 25.9 Å². The van der Waals surface area contributed by atoms with Crippen molar-refractivity contribution < 1.29 is 18.7 Å². The maximum Gasteiger partial charge on any atom is 0.306 e. The molecule has 0 radical (unpaired) electrons. The second kappa shape index (κ2) is 8.40. The van der Waals surface area contributed by atoms with Gasteiger partial charge in [0.2, 0.25) is 0 Å². The number of esters is 1. The highest BCUT2D eigenvalue weighted by Gasteiger charge is 2.19. The van der Waals surface area contributed by atoms with E-state index in [1.165, 1.54) is 19.2 Å². The highest BCUT2D eigenvalue weighted by atomic mass is 35.5. The molecule has 0 aliphatic heterocycles. The van der Waals surface area contributed by atoms with Crippen LogP contribution in [0, 0.1) is 5.82 Å². The number of hydrogen-bond donors (Lipinski definition) is 1. The maximum absolute atomic E-state index is 13.5. The van der Waals surface area contributed by atoms with Crippen molar-refractivity contribution in [3.05, 3.63) is 59.1 Å². The number of pyridine rings is 1. The van der Waals surface area contributed by atoms with Crippen LogP contribution in [-0.4, -0.2) is 23.0 Å². The molecule has 24 heavy (non-hydrogen) atoms. The lowest BCUT2D eigenvalue weighted by Gasteiger charge is -2.14. The number of carbonyl (C=O) groups is 2. The van der Waals surface area contributed by atoms with E-state index in [0.29, 0.717) is 11.3 Å². The number of amides is 1. The number of benzene rings is 1.